The monoisotopic (exact) mass is 270 g/mol. The second-order valence-corrected chi connectivity index (χ2v) is 7.64. The molecule has 0 aliphatic carbocycles. The maximum atomic E-state index is 9.86. The molecule has 0 saturated carbocycles. The number of rotatable bonds is 3. The Bertz CT molecular complexity index is 464. The van der Waals surface area contributed by atoms with E-state index in [1.165, 1.54) is 24.0 Å². The summed E-state index contributed by atoms with van der Waals surface area (Å²) in [7, 11) is -0.367. The van der Waals surface area contributed by atoms with Gasteiger partial charge in [-0.25, -0.2) is 0 Å². The third-order valence-corrected chi connectivity index (χ3v) is 7.09. The van der Waals surface area contributed by atoms with Crippen LogP contribution < -0.4 is 0 Å². The van der Waals surface area contributed by atoms with Gasteiger partial charge in [0.15, 0.2) is 0 Å². The van der Waals surface area contributed by atoms with Gasteiger partial charge in [0.25, 0.3) is 0 Å². The lowest BCUT2D eigenvalue weighted by atomic mass is 10.0. The Morgan fingerprint density at radius 3 is 1.58 bits per heavy atom. The molecule has 1 N–H and O–H groups in total. The molecule has 1 heterocycles. The van der Waals surface area contributed by atoms with Gasteiger partial charge in [-0.2, -0.15) is 0 Å². The smallest absolute Gasteiger partial charge is 0.0635 e. The molecule has 2 heteroatoms. The number of aliphatic hydroxyl groups is 1. The van der Waals surface area contributed by atoms with Gasteiger partial charge in [-0.15, -0.1) is 0 Å². The van der Waals surface area contributed by atoms with Gasteiger partial charge < -0.3 is 5.11 Å². The number of hydrogen-bond acceptors (Lipinski definition) is 1. The molecule has 19 heavy (non-hydrogen) atoms. The van der Waals surface area contributed by atoms with Crippen molar-refractivity contribution in [2.24, 2.45) is 0 Å². The van der Waals surface area contributed by atoms with Gasteiger partial charge in [0.1, 0.15) is 0 Å². The quantitative estimate of drug-likeness (QED) is 0.802. The Labute approximate surface area is 116 Å². The zero-order valence-corrected chi connectivity index (χ0v) is 11.8. The zero-order valence-electron chi connectivity index (χ0n) is 10.9. The maximum Gasteiger partial charge on any atom is 0.0635 e. The fourth-order valence-corrected chi connectivity index (χ4v) is 6.03. The predicted molar refractivity (Wildman–Crippen MR) is 81.6 cm³/mol. The zero-order chi connectivity index (χ0) is 13.1. The van der Waals surface area contributed by atoms with Crippen LogP contribution in [0.25, 0.3) is 0 Å². The Morgan fingerprint density at radius 2 is 1.21 bits per heavy atom. The highest BCUT2D eigenvalue weighted by atomic mass is 31.1. The Hall–Kier alpha value is -1.17. The van der Waals surface area contributed by atoms with Crippen molar-refractivity contribution in [3.05, 3.63) is 71.8 Å². The summed E-state index contributed by atoms with van der Waals surface area (Å²) in [6, 6.07) is 21.4. The molecule has 1 saturated heterocycles. The molecular weight excluding hydrogens is 251 g/mol. The minimum atomic E-state index is -0.367. The molecule has 3 rings (SSSR count). The van der Waals surface area contributed by atoms with E-state index in [0.29, 0.717) is 17.7 Å². The Balaban J connectivity index is 1.87. The molecule has 0 bridgehead atoms. The van der Waals surface area contributed by atoms with Crippen LogP contribution in [0.5, 0.6) is 0 Å². The molecule has 1 nitrogen and oxygen atoms in total. The van der Waals surface area contributed by atoms with E-state index in [1.807, 2.05) is 0 Å². The molecule has 0 unspecified atom stereocenters. The third-order valence-electron chi connectivity index (χ3n) is 4.05. The van der Waals surface area contributed by atoms with Crippen molar-refractivity contribution in [2.75, 3.05) is 6.35 Å². The number of hydrogen-bond donors (Lipinski definition) is 1. The van der Waals surface area contributed by atoms with E-state index in [0.717, 1.165) is 0 Å². The van der Waals surface area contributed by atoms with E-state index in [1.54, 1.807) is 0 Å². The summed E-state index contributed by atoms with van der Waals surface area (Å²) in [5.74, 6) is 0. The molecule has 2 atom stereocenters. The number of aliphatic hydroxyl groups excluding tert-OH is 1. The second kappa shape index (κ2) is 5.86. The SMILES string of the molecule is OCP1[C@@H](c2ccccc2)CC[C@@H]1c1ccccc1. The first-order chi connectivity index (χ1) is 9.40. The van der Waals surface area contributed by atoms with Gasteiger partial charge in [-0.3, -0.25) is 0 Å². The predicted octanol–water partition coefficient (Wildman–Crippen LogP) is 4.69. The van der Waals surface area contributed by atoms with Crippen LogP contribution in [0.15, 0.2) is 60.7 Å². The van der Waals surface area contributed by atoms with Crippen LogP contribution in [-0.2, 0) is 0 Å². The molecular formula is C17H19OP. The van der Waals surface area contributed by atoms with Crippen molar-refractivity contribution in [1.82, 2.24) is 0 Å². The first kappa shape index (κ1) is 12.8. The summed E-state index contributed by atoms with van der Waals surface area (Å²) in [5, 5.41) is 9.86. The van der Waals surface area contributed by atoms with Crippen LogP contribution in [-0.4, -0.2) is 11.5 Å². The highest BCUT2D eigenvalue weighted by Gasteiger charge is 2.36. The van der Waals surface area contributed by atoms with E-state index in [2.05, 4.69) is 60.7 Å². The van der Waals surface area contributed by atoms with Crippen molar-refractivity contribution >= 4 is 7.92 Å². The average molecular weight is 270 g/mol. The standard InChI is InChI=1S/C17H19OP/c18-13-19-16(14-7-3-1-4-8-14)11-12-17(19)15-9-5-2-6-10-15/h1-10,16-18H,11-13H2/t16-,17-/m1/s1. The highest BCUT2D eigenvalue weighted by Crippen LogP contribution is 2.69. The lowest BCUT2D eigenvalue weighted by Gasteiger charge is -2.24. The summed E-state index contributed by atoms with van der Waals surface area (Å²) in [4.78, 5) is 0. The van der Waals surface area contributed by atoms with Gasteiger partial charge >= 0.3 is 0 Å². The average Bonchev–Trinajstić information content (AvgIpc) is 2.93. The first-order valence-electron chi connectivity index (χ1n) is 6.86. The molecule has 2 aromatic rings. The van der Waals surface area contributed by atoms with E-state index in [9.17, 15) is 5.11 Å². The molecule has 0 aromatic heterocycles. The van der Waals surface area contributed by atoms with E-state index >= 15 is 0 Å². The van der Waals surface area contributed by atoms with Crippen LogP contribution in [0.3, 0.4) is 0 Å². The molecule has 2 aromatic carbocycles. The van der Waals surface area contributed by atoms with Gasteiger partial charge in [0.05, 0.1) is 6.35 Å². The molecule has 1 aliphatic rings. The molecule has 0 radical (unpaired) electrons. The fourth-order valence-electron chi connectivity index (χ4n) is 3.13. The van der Waals surface area contributed by atoms with Gasteiger partial charge in [0.2, 0.25) is 0 Å². The van der Waals surface area contributed by atoms with E-state index in [4.69, 9.17) is 0 Å². The minimum Gasteiger partial charge on any atom is -0.392 e. The van der Waals surface area contributed by atoms with Crippen molar-refractivity contribution in [2.45, 2.75) is 24.2 Å². The van der Waals surface area contributed by atoms with Crippen LogP contribution in [0, 0.1) is 0 Å². The molecule has 98 valence electrons. The normalized spacial score (nSPS) is 23.6. The van der Waals surface area contributed by atoms with Crippen LogP contribution in [0.1, 0.15) is 35.3 Å². The largest absolute Gasteiger partial charge is 0.392 e. The highest BCUT2D eigenvalue weighted by molar-refractivity contribution is 7.58. The summed E-state index contributed by atoms with van der Waals surface area (Å²) in [6.45, 7) is 0. The fraction of sp³-hybridized carbons (Fsp3) is 0.294. The molecule has 0 amide bonds. The van der Waals surface area contributed by atoms with Crippen LogP contribution >= 0.6 is 7.92 Å². The van der Waals surface area contributed by atoms with Crippen LogP contribution in [0.4, 0.5) is 0 Å². The van der Waals surface area contributed by atoms with E-state index < -0.39 is 0 Å². The molecule has 1 fully saturated rings. The summed E-state index contributed by atoms with van der Waals surface area (Å²) >= 11 is 0. The van der Waals surface area contributed by atoms with Crippen LogP contribution in [0.2, 0.25) is 0 Å². The summed E-state index contributed by atoms with van der Waals surface area (Å²) < 4.78 is 0. The van der Waals surface area contributed by atoms with Crippen molar-refractivity contribution in [3.8, 4) is 0 Å². The maximum absolute atomic E-state index is 9.86. The lowest BCUT2D eigenvalue weighted by Crippen LogP contribution is -1.97. The third kappa shape index (κ3) is 2.59. The van der Waals surface area contributed by atoms with Crippen molar-refractivity contribution in [1.29, 1.82) is 0 Å². The minimum absolute atomic E-state index is 0.342. The van der Waals surface area contributed by atoms with Crippen molar-refractivity contribution < 1.29 is 5.11 Å². The van der Waals surface area contributed by atoms with Gasteiger partial charge in [-0.05, 0) is 24.0 Å². The first-order valence-corrected chi connectivity index (χ1v) is 8.53. The summed E-state index contributed by atoms with van der Waals surface area (Å²) in [6.07, 6.45) is 2.75. The summed E-state index contributed by atoms with van der Waals surface area (Å²) in [5.41, 5.74) is 3.93. The molecule has 1 aliphatic heterocycles. The lowest BCUT2D eigenvalue weighted by molar-refractivity contribution is 0.368. The Morgan fingerprint density at radius 1 is 0.789 bits per heavy atom. The second-order valence-electron chi connectivity index (χ2n) is 5.09. The van der Waals surface area contributed by atoms with Gasteiger partial charge in [-0.1, -0.05) is 68.6 Å². The topological polar surface area (TPSA) is 20.2 Å². The van der Waals surface area contributed by atoms with Gasteiger partial charge in [0, 0.05) is 11.3 Å². The number of benzene rings is 2. The Kier molecular flexibility index (Phi) is 3.96. The van der Waals surface area contributed by atoms with Crippen molar-refractivity contribution in [3.63, 3.8) is 0 Å². The molecule has 0 spiro atoms. The van der Waals surface area contributed by atoms with E-state index in [-0.39, 0.29) is 7.92 Å².